The van der Waals surface area contributed by atoms with Crippen molar-refractivity contribution in [2.75, 3.05) is 7.11 Å². The van der Waals surface area contributed by atoms with Crippen molar-refractivity contribution in [2.24, 2.45) is 5.10 Å². The summed E-state index contributed by atoms with van der Waals surface area (Å²) in [6, 6.07) is 8.62. The average molecular weight is 601 g/mol. The van der Waals surface area contributed by atoms with Crippen LogP contribution in [-0.4, -0.2) is 24.3 Å². The number of nitrogens with one attached hydrogen (secondary N) is 1. The number of hydrogen-bond acceptors (Lipinski definition) is 4. The van der Waals surface area contributed by atoms with E-state index in [1.54, 1.807) is 37.4 Å². The van der Waals surface area contributed by atoms with Gasteiger partial charge in [0.15, 0.2) is 0 Å². The lowest BCUT2D eigenvalue weighted by molar-refractivity contribution is 0.0954. The fraction of sp³-hybridized carbons (Fsp3) is 0.0667. The first-order valence-corrected chi connectivity index (χ1v) is 9.22. The van der Waals surface area contributed by atoms with Crippen molar-refractivity contribution < 1.29 is 14.6 Å². The number of amides is 1. The van der Waals surface area contributed by atoms with Crippen LogP contribution in [0.1, 0.15) is 15.9 Å². The fourth-order valence-electron chi connectivity index (χ4n) is 1.71. The monoisotopic (exact) mass is 600 g/mol. The summed E-state index contributed by atoms with van der Waals surface area (Å²) >= 11 is 7.49. The van der Waals surface area contributed by atoms with Gasteiger partial charge in [-0.1, -0.05) is 15.9 Å². The van der Waals surface area contributed by atoms with E-state index in [4.69, 9.17) is 4.74 Å². The summed E-state index contributed by atoms with van der Waals surface area (Å²) in [5.74, 6) is 0.379. The second-order valence-corrected chi connectivity index (χ2v) is 7.61. The average Bonchev–Trinajstić information content (AvgIpc) is 2.52. The van der Waals surface area contributed by atoms with Gasteiger partial charge in [0.2, 0.25) is 0 Å². The largest absolute Gasteiger partial charge is 0.506 e. The molecule has 8 heteroatoms. The lowest BCUT2D eigenvalue weighted by Gasteiger charge is -2.06. The first-order chi connectivity index (χ1) is 10.9. The summed E-state index contributed by atoms with van der Waals surface area (Å²) in [7, 11) is 1.55. The molecule has 120 valence electrons. The normalized spacial score (nSPS) is 10.8. The van der Waals surface area contributed by atoms with E-state index in [0.29, 0.717) is 20.4 Å². The standard InChI is InChI=1S/C15H11BrI2N2O3/c1-23-13-5-8(2-3-11(13)17)15(22)20-19-7-9-4-10(16)6-12(18)14(9)21/h2-7,21H,1H3,(H,20,22)/b19-7+. The van der Waals surface area contributed by atoms with Crippen molar-refractivity contribution >= 4 is 73.2 Å². The first kappa shape index (κ1) is 18.5. The van der Waals surface area contributed by atoms with Crippen LogP contribution in [0.4, 0.5) is 0 Å². The van der Waals surface area contributed by atoms with Crippen LogP contribution in [0.3, 0.4) is 0 Å². The second kappa shape index (κ2) is 8.29. The van der Waals surface area contributed by atoms with Crippen LogP contribution < -0.4 is 10.2 Å². The van der Waals surface area contributed by atoms with Crippen molar-refractivity contribution in [3.05, 3.63) is 53.1 Å². The third kappa shape index (κ3) is 4.80. The fourth-order valence-corrected chi connectivity index (χ4v) is 3.82. The highest BCUT2D eigenvalue weighted by Gasteiger charge is 2.09. The molecule has 0 aromatic heterocycles. The summed E-state index contributed by atoms with van der Waals surface area (Å²) < 4.78 is 7.60. The molecule has 5 nitrogen and oxygen atoms in total. The first-order valence-electron chi connectivity index (χ1n) is 6.27. The quantitative estimate of drug-likeness (QED) is 0.315. The van der Waals surface area contributed by atoms with E-state index >= 15 is 0 Å². The number of carbonyl (C=O) groups excluding carboxylic acids is 1. The van der Waals surface area contributed by atoms with Gasteiger partial charge in [-0.25, -0.2) is 5.43 Å². The van der Waals surface area contributed by atoms with E-state index in [0.717, 1.165) is 8.04 Å². The number of ether oxygens (including phenoxy) is 1. The molecule has 0 aliphatic heterocycles. The molecule has 0 unspecified atom stereocenters. The Labute approximate surface area is 168 Å². The molecule has 2 aromatic carbocycles. The number of halogens is 3. The molecule has 2 rings (SSSR count). The number of phenols is 1. The molecule has 2 aromatic rings. The van der Waals surface area contributed by atoms with Gasteiger partial charge in [-0.3, -0.25) is 4.79 Å². The lowest BCUT2D eigenvalue weighted by Crippen LogP contribution is -2.17. The molecule has 0 atom stereocenters. The van der Waals surface area contributed by atoms with Crippen LogP contribution in [0.15, 0.2) is 39.9 Å². The summed E-state index contributed by atoms with van der Waals surface area (Å²) in [5, 5.41) is 13.8. The molecule has 1 amide bonds. The third-order valence-electron chi connectivity index (χ3n) is 2.84. The van der Waals surface area contributed by atoms with Crippen LogP contribution in [0.2, 0.25) is 0 Å². The number of hydrazone groups is 1. The molecule has 0 spiro atoms. The zero-order chi connectivity index (χ0) is 17.0. The van der Waals surface area contributed by atoms with Gasteiger partial charge in [-0.15, -0.1) is 0 Å². The number of methoxy groups -OCH3 is 1. The van der Waals surface area contributed by atoms with Crippen molar-refractivity contribution in [3.8, 4) is 11.5 Å². The van der Waals surface area contributed by atoms with Gasteiger partial charge in [-0.2, -0.15) is 5.10 Å². The predicted molar refractivity (Wildman–Crippen MR) is 109 cm³/mol. The number of nitrogens with zero attached hydrogens (tertiary/aromatic N) is 1. The molecule has 0 bridgehead atoms. The Bertz CT molecular complexity index is 782. The second-order valence-electron chi connectivity index (χ2n) is 4.37. The van der Waals surface area contributed by atoms with E-state index in [2.05, 4.69) is 49.0 Å². The number of hydrogen-bond donors (Lipinski definition) is 2. The minimum Gasteiger partial charge on any atom is -0.506 e. The molecule has 0 heterocycles. The van der Waals surface area contributed by atoms with Crippen LogP contribution >= 0.6 is 61.1 Å². The van der Waals surface area contributed by atoms with Crippen molar-refractivity contribution in [2.45, 2.75) is 0 Å². The topological polar surface area (TPSA) is 70.9 Å². The van der Waals surface area contributed by atoms with Gasteiger partial charge in [0.1, 0.15) is 11.5 Å². The Hall–Kier alpha value is -0.880. The molecule has 23 heavy (non-hydrogen) atoms. The maximum atomic E-state index is 12.1. The molecular weight excluding hydrogens is 590 g/mol. The van der Waals surface area contributed by atoms with Gasteiger partial charge < -0.3 is 9.84 Å². The van der Waals surface area contributed by atoms with Crippen LogP contribution in [0.25, 0.3) is 0 Å². The number of rotatable bonds is 4. The Morgan fingerprint density at radius 1 is 1.30 bits per heavy atom. The van der Waals surface area contributed by atoms with Crippen LogP contribution in [0.5, 0.6) is 11.5 Å². The van der Waals surface area contributed by atoms with E-state index < -0.39 is 0 Å². The van der Waals surface area contributed by atoms with E-state index in [-0.39, 0.29) is 11.7 Å². The number of benzene rings is 2. The molecule has 0 aliphatic carbocycles. The van der Waals surface area contributed by atoms with Gasteiger partial charge in [0, 0.05) is 15.6 Å². The Kier molecular flexibility index (Phi) is 6.65. The third-order valence-corrected chi connectivity index (χ3v) is 5.01. The summed E-state index contributed by atoms with van der Waals surface area (Å²) in [5.41, 5.74) is 3.37. The highest BCUT2D eigenvalue weighted by Crippen LogP contribution is 2.27. The molecule has 0 radical (unpaired) electrons. The maximum Gasteiger partial charge on any atom is 0.271 e. The van der Waals surface area contributed by atoms with Gasteiger partial charge in [0.05, 0.1) is 20.5 Å². The molecule has 0 saturated carbocycles. The van der Waals surface area contributed by atoms with Gasteiger partial charge in [-0.05, 0) is 75.5 Å². The van der Waals surface area contributed by atoms with Crippen LogP contribution in [-0.2, 0) is 0 Å². The van der Waals surface area contributed by atoms with Crippen molar-refractivity contribution in [3.63, 3.8) is 0 Å². The lowest BCUT2D eigenvalue weighted by atomic mass is 10.2. The summed E-state index contributed by atoms with van der Waals surface area (Å²) in [6.07, 6.45) is 1.39. The Balaban J connectivity index is 2.13. The minimum atomic E-state index is -0.361. The number of aromatic hydroxyl groups is 1. The van der Waals surface area contributed by atoms with E-state index in [9.17, 15) is 9.90 Å². The Morgan fingerprint density at radius 3 is 2.74 bits per heavy atom. The van der Waals surface area contributed by atoms with Gasteiger partial charge >= 0.3 is 0 Å². The molecule has 2 N–H and O–H groups in total. The van der Waals surface area contributed by atoms with E-state index in [1.807, 2.05) is 22.6 Å². The Morgan fingerprint density at radius 2 is 2.04 bits per heavy atom. The van der Waals surface area contributed by atoms with Crippen molar-refractivity contribution in [1.29, 1.82) is 0 Å². The summed E-state index contributed by atoms with van der Waals surface area (Å²) in [4.78, 5) is 12.1. The predicted octanol–water partition coefficient (Wildman–Crippen LogP) is 4.14. The van der Waals surface area contributed by atoms with E-state index in [1.165, 1.54) is 6.21 Å². The molecule has 0 saturated heterocycles. The zero-order valence-corrected chi connectivity index (χ0v) is 17.7. The molecular formula is C15H11BrI2N2O3. The number of phenolic OH excluding ortho intramolecular Hbond substituents is 1. The maximum absolute atomic E-state index is 12.1. The summed E-state index contributed by atoms with van der Waals surface area (Å²) in [6.45, 7) is 0. The molecule has 0 fully saturated rings. The SMILES string of the molecule is COc1cc(C(=O)N/N=C/c2cc(Br)cc(I)c2O)ccc1I. The smallest absolute Gasteiger partial charge is 0.271 e. The van der Waals surface area contributed by atoms with Gasteiger partial charge in [0.25, 0.3) is 5.91 Å². The molecule has 0 aliphatic rings. The zero-order valence-electron chi connectivity index (χ0n) is 11.8. The van der Waals surface area contributed by atoms with Crippen LogP contribution in [0, 0.1) is 7.14 Å². The minimum absolute atomic E-state index is 0.114. The highest BCUT2D eigenvalue weighted by molar-refractivity contribution is 14.1. The highest BCUT2D eigenvalue weighted by atomic mass is 127. The van der Waals surface area contributed by atoms with Crippen molar-refractivity contribution in [1.82, 2.24) is 5.43 Å². The number of carbonyl (C=O) groups is 1.